The predicted molar refractivity (Wildman–Crippen MR) is 56.7 cm³/mol. The van der Waals surface area contributed by atoms with Crippen LogP contribution in [0.25, 0.3) is 0 Å². The van der Waals surface area contributed by atoms with Gasteiger partial charge in [-0.1, -0.05) is 44.2 Å². The van der Waals surface area contributed by atoms with Crippen LogP contribution in [0.3, 0.4) is 0 Å². The van der Waals surface area contributed by atoms with Crippen molar-refractivity contribution in [2.75, 3.05) is 0 Å². The van der Waals surface area contributed by atoms with E-state index in [9.17, 15) is 0 Å². The maximum absolute atomic E-state index is 5.74. The first-order chi connectivity index (χ1) is 5.74. The molecule has 0 aliphatic carbocycles. The van der Waals surface area contributed by atoms with Crippen LogP contribution in [0.5, 0.6) is 0 Å². The highest BCUT2D eigenvalue weighted by Gasteiger charge is 1.91. The summed E-state index contributed by atoms with van der Waals surface area (Å²) in [6, 6.07) is 0. The Morgan fingerprint density at radius 2 is 2.17 bits per heavy atom. The summed E-state index contributed by atoms with van der Waals surface area (Å²) in [7, 11) is 0. The number of allylic oxidation sites excluding steroid dienone is 3. The number of nitrogens with zero attached hydrogens (tertiary/aromatic N) is 1. The third-order valence-electron chi connectivity index (χ3n) is 1.32. The Hall–Kier alpha value is -0.820. The van der Waals surface area contributed by atoms with Crippen LogP contribution in [0.4, 0.5) is 0 Å². The van der Waals surface area contributed by atoms with Crippen LogP contribution < -0.4 is 0 Å². The first kappa shape index (κ1) is 11.2. The minimum Gasteiger partial charge on any atom is -0.245 e. The SMILES string of the molecule is C=CN=C(Cl)/C=C(\C=C)CCC. The zero-order valence-corrected chi connectivity index (χ0v) is 8.14. The summed E-state index contributed by atoms with van der Waals surface area (Å²) in [4.78, 5) is 3.82. The van der Waals surface area contributed by atoms with E-state index in [-0.39, 0.29) is 0 Å². The molecule has 0 bridgehead atoms. The van der Waals surface area contributed by atoms with Crippen LogP contribution in [0.15, 0.2) is 42.1 Å². The number of halogens is 1. The Morgan fingerprint density at radius 3 is 2.58 bits per heavy atom. The van der Waals surface area contributed by atoms with E-state index in [2.05, 4.69) is 25.1 Å². The number of aliphatic imine (C=N–C) groups is 1. The zero-order valence-electron chi connectivity index (χ0n) is 7.39. The molecule has 0 unspecified atom stereocenters. The summed E-state index contributed by atoms with van der Waals surface area (Å²) in [6.45, 7) is 9.24. The second-order valence-electron chi connectivity index (χ2n) is 2.31. The lowest BCUT2D eigenvalue weighted by molar-refractivity contribution is 0.928. The van der Waals surface area contributed by atoms with Crippen LogP contribution in [-0.4, -0.2) is 5.17 Å². The fourth-order valence-corrected chi connectivity index (χ4v) is 1.01. The van der Waals surface area contributed by atoms with Crippen molar-refractivity contribution in [3.8, 4) is 0 Å². The van der Waals surface area contributed by atoms with Crippen LogP contribution in [0.2, 0.25) is 0 Å². The van der Waals surface area contributed by atoms with Crippen molar-refractivity contribution in [3.05, 3.63) is 37.1 Å². The van der Waals surface area contributed by atoms with Crippen molar-refractivity contribution >= 4 is 16.8 Å². The van der Waals surface area contributed by atoms with Gasteiger partial charge in [0.05, 0.1) is 0 Å². The summed E-state index contributed by atoms with van der Waals surface area (Å²) in [5, 5.41) is 0.452. The third-order valence-corrected chi connectivity index (χ3v) is 1.53. The fraction of sp³-hybridized carbons (Fsp3) is 0.300. The molecule has 0 N–H and O–H groups in total. The molecule has 0 spiro atoms. The lowest BCUT2D eigenvalue weighted by Gasteiger charge is -1.96. The molecule has 0 atom stereocenters. The van der Waals surface area contributed by atoms with Gasteiger partial charge in [-0.15, -0.1) is 0 Å². The normalized spacial score (nSPS) is 12.8. The summed E-state index contributed by atoms with van der Waals surface area (Å²) >= 11 is 5.74. The van der Waals surface area contributed by atoms with E-state index < -0.39 is 0 Å². The van der Waals surface area contributed by atoms with Crippen LogP contribution in [0, 0.1) is 0 Å². The van der Waals surface area contributed by atoms with Crippen molar-refractivity contribution < 1.29 is 0 Å². The molecule has 0 aliphatic rings. The summed E-state index contributed by atoms with van der Waals surface area (Å²) in [6.07, 6.45) is 7.08. The van der Waals surface area contributed by atoms with Gasteiger partial charge in [-0.05, 0) is 18.1 Å². The van der Waals surface area contributed by atoms with Gasteiger partial charge in [0.15, 0.2) is 0 Å². The Balaban J connectivity index is 4.36. The molecule has 0 rings (SSSR count). The zero-order chi connectivity index (χ0) is 9.40. The second-order valence-corrected chi connectivity index (χ2v) is 2.70. The average molecular weight is 184 g/mol. The van der Waals surface area contributed by atoms with Crippen LogP contribution in [-0.2, 0) is 0 Å². The molecule has 0 amide bonds. The molecule has 0 aromatic rings. The molecule has 0 aliphatic heterocycles. The van der Waals surface area contributed by atoms with Crippen molar-refractivity contribution in [3.63, 3.8) is 0 Å². The average Bonchev–Trinajstić information content (AvgIpc) is 2.04. The van der Waals surface area contributed by atoms with E-state index in [1.54, 1.807) is 12.2 Å². The molecular formula is C10H14ClN. The van der Waals surface area contributed by atoms with Gasteiger partial charge in [0.1, 0.15) is 5.17 Å². The molecule has 1 nitrogen and oxygen atoms in total. The van der Waals surface area contributed by atoms with Crippen molar-refractivity contribution in [2.45, 2.75) is 19.8 Å². The van der Waals surface area contributed by atoms with Gasteiger partial charge in [0.25, 0.3) is 0 Å². The Labute approximate surface area is 79.2 Å². The Bertz CT molecular complexity index is 214. The van der Waals surface area contributed by atoms with Gasteiger partial charge in [0, 0.05) is 6.20 Å². The summed E-state index contributed by atoms with van der Waals surface area (Å²) in [5.74, 6) is 0. The Kier molecular flexibility index (Phi) is 6.39. The smallest absolute Gasteiger partial charge is 0.129 e. The monoisotopic (exact) mass is 183 g/mol. The molecule has 66 valence electrons. The molecule has 12 heavy (non-hydrogen) atoms. The first-order valence-corrected chi connectivity index (χ1v) is 4.29. The van der Waals surface area contributed by atoms with Gasteiger partial charge >= 0.3 is 0 Å². The van der Waals surface area contributed by atoms with E-state index >= 15 is 0 Å². The van der Waals surface area contributed by atoms with E-state index in [0.717, 1.165) is 18.4 Å². The van der Waals surface area contributed by atoms with Crippen molar-refractivity contribution in [1.29, 1.82) is 0 Å². The number of rotatable bonds is 5. The lowest BCUT2D eigenvalue weighted by Crippen LogP contribution is -1.84. The molecule has 0 saturated heterocycles. The minimum absolute atomic E-state index is 0.452. The second kappa shape index (κ2) is 6.86. The number of hydrogen-bond donors (Lipinski definition) is 0. The van der Waals surface area contributed by atoms with E-state index in [1.165, 1.54) is 6.20 Å². The highest BCUT2D eigenvalue weighted by atomic mass is 35.5. The van der Waals surface area contributed by atoms with E-state index in [1.807, 2.05) is 0 Å². The van der Waals surface area contributed by atoms with Crippen LogP contribution >= 0.6 is 11.6 Å². The molecule has 0 fully saturated rings. The van der Waals surface area contributed by atoms with Crippen molar-refractivity contribution in [1.82, 2.24) is 0 Å². The van der Waals surface area contributed by atoms with Crippen molar-refractivity contribution in [2.24, 2.45) is 4.99 Å². The molecular weight excluding hydrogens is 170 g/mol. The molecule has 0 saturated carbocycles. The van der Waals surface area contributed by atoms with Gasteiger partial charge in [-0.2, -0.15) is 0 Å². The van der Waals surface area contributed by atoms with Gasteiger partial charge in [0.2, 0.25) is 0 Å². The topological polar surface area (TPSA) is 12.4 Å². The van der Waals surface area contributed by atoms with Gasteiger partial charge in [-0.25, -0.2) is 4.99 Å². The summed E-state index contributed by atoms with van der Waals surface area (Å²) < 4.78 is 0. The summed E-state index contributed by atoms with van der Waals surface area (Å²) in [5.41, 5.74) is 1.10. The highest BCUT2D eigenvalue weighted by molar-refractivity contribution is 6.68. The van der Waals surface area contributed by atoms with Gasteiger partial charge < -0.3 is 0 Å². The molecule has 0 heterocycles. The highest BCUT2D eigenvalue weighted by Crippen LogP contribution is 2.07. The number of hydrogen-bond acceptors (Lipinski definition) is 1. The maximum atomic E-state index is 5.74. The fourth-order valence-electron chi connectivity index (χ4n) is 0.799. The first-order valence-electron chi connectivity index (χ1n) is 3.91. The quantitative estimate of drug-likeness (QED) is 0.456. The lowest BCUT2D eigenvalue weighted by atomic mass is 10.1. The molecule has 0 aromatic carbocycles. The molecule has 2 heteroatoms. The van der Waals surface area contributed by atoms with Crippen LogP contribution in [0.1, 0.15) is 19.8 Å². The minimum atomic E-state index is 0.452. The largest absolute Gasteiger partial charge is 0.245 e. The Morgan fingerprint density at radius 1 is 1.50 bits per heavy atom. The van der Waals surface area contributed by atoms with Gasteiger partial charge in [-0.3, -0.25) is 0 Å². The molecule has 0 aromatic heterocycles. The third kappa shape index (κ3) is 4.91. The van der Waals surface area contributed by atoms with E-state index in [4.69, 9.17) is 11.6 Å². The predicted octanol–water partition coefficient (Wildman–Crippen LogP) is 3.68. The van der Waals surface area contributed by atoms with E-state index in [0.29, 0.717) is 5.17 Å². The maximum Gasteiger partial charge on any atom is 0.129 e. The molecule has 0 radical (unpaired) electrons. The standard InChI is InChI=1S/C10H14ClN/c1-4-7-9(5-2)8-10(11)12-6-3/h5-6,8H,2-4,7H2,1H3/b9-8+,12-10?.